The molecule has 1 heterocycles. The molecule has 1 atom stereocenters. The molecule has 1 aliphatic rings. The molecule has 1 N–H and O–H groups in total. The molecule has 0 bridgehead atoms. The zero-order chi connectivity index (χ0) is 13.0. The lowest BCUT2D eigenvalue weighted by molar-refractivity contribution is 0.395. The maximum atomic E-state index is 6.13. The Labute approximate surface area is 117 Å². The summed E-state index contributed by atoms with van der Waals surface area (Å²) in [7, 11) is 3.25. The third-order valence-electron chi connectivity index (χ3n) is 3.08. The van der Waals surface area contributed by atoms with Crippen molar-refractivity contribution in [1.82, 2.24) is 0 Å². The SMILES string of the molecule is COc1cc(OC)c(NCC2CCSC2)cc1Cl. The smallest absolute Gasteiger partial charge is 0.145 e. The van der Waals surface area contributed by atoms with Crippen LogP contribution in [-0.4, -0.2) is 32.3 Å². The number of benzene rings is 1. The fraction of sp³-hybridized carbons (Fsp3) is 0.538. The Kier molecular flexibility index (Phi) is 4.89. The Morgan fingerprint density at radius 2 is 2.11 bits per heavy atom. The van der Waals surface area contributed by atoms with Crippen LogP contribution in [0.3, 0.4) is 0 Å². The zero-order valence-corrected chi connectivity index (χ0v) is 12.2. The van der Waals surface area contributed by atoms with Crippen LogP contribution in [0.5, 0.6) is 11.5 Å². The molecular weight excluding hydrogens is 270 g/mol. The van der Waals surface area contributed by atoms with Gasteiger partial charge in [-0.05, 0) is 29.9 Å². The molecular formula is C13H18ClNO2S. The normalized spacial score (nSPS) is 18.7. The molecule has 1 aliphatic heterocycles. The molecule has 1 saturated heterocycles. The zero-order valence-electron chi connectivity index (χ0n) is 10.7. The molecule has 1 aromatic rings. The summed E-state index contributed by atoms with van der Waals surface area (Å²) in [4.78, 5) is 0. The van der Waals surface area contributed by atoms with Crippen molar-refractivity contribution in [3.8, 4) is 11.5 Å². The van der Waals surface area contributed by atoms with Gasteiger partial charge in [0.25, 0.3) is 0 Å². The number of rotatable bonds is 5. The van der Waals surface area contributed by atoms with E-state index in [0.29, 0.717) is 10.8 Å². The minimum Gasteiger partial charge on any atom is -0.495 e. The fourth-order valence-electron chi connectivity index (χ4n) is 2.00. The van der Waals surface area contributed by atoms with Crippen LogP contribution >= 0.6 is 23.4 Å². The summed E-state index contributed by atoms with van der Waals surface area (Å²) < 4.78 is 10.5. The Balaban J connectivity index is 2.08. The maximum Gasteiger partial charge on any atom is 0.145 e. The Morgan fingerprint density at radius 1 is 1.33 bits per heavy atom. The lowest BCUT2D eigenvalue weighted by atomic mass is 10.1. The van der Waals surface area contributed by atoms with E-state index in [-0.39, 0.29) is 0 Å². The van der Waals surface area contributed by atoms with Crippen LogP contribution in [0.2, 0.25) is 5.02 Å². The highest BCUT2D eigenvalue weighted by molar-refractivity contribution is 7.99. The summed E-state index contributed by atoms with van der Waals surface area (Å²) in [6.07, 6.45) is 1.28. The van der Waals surface area contributed by atoms with Gasteiger partial charge in [0.15, 0.2) is 0 Å². The quantitative estimate of drug-likeness (QED) is 0.897. The van der Waals surface area contributed by atoms with Crippen LogP contribution in [0.15, 0.2) is 12.1 Å². The van der Waals surface area contributed by atoms with Gasteiger partial charge in [0, 0.05) is 12.6 Å². The Bertz CT molecular complexity index is 408. The first kappa shape index (κ1) is 13.7. The van der Waals surface area contributed by atoms with E-state index < -0.39 is 0 Å². The molecule has 0 aliphatic carbocycles. The highest BCUT2D eigenvalue weighted by Crippen LogP contribution is 2.36. The van der Waals surface area contributed by atoms with Gasteiger partial charge < -0.3 is 14.8 Å². The summed E-state index contributed by atoms with van der Waals surface area (Å²) in [5.41, 5.74) is 0.931. The number of ether oxygens (including phenoxy) is 2. The number of thioether (sulfide) groups is 1. The van der Waals surface area contributed by atoms with E-state index in [2.05, 4.69) is 5.32 Å². The number of hydrogen-bond acceptors (Lipinski definition) is 4. The monoisotopic (exact) mass is 287 g/mol. The lowest BCUT2D eigenvalue weighted by Gasteiger charge is -2.16. The molecule has 100 valence electrons. The largest absolute Gasteiger partial charge is 0.495 e. The maximum absolute atomic E-state index is 6.13. The molecule has 0 saturated carbocycles. The number of anilines is 1. The first-order chi connectivity index (χ1) is 8.74. The molecule has 18 heavy (non-hydrogen) atoms. The second kappa shape index (κ2) is 6.43. The van der Waals surface area contributed by atoms with Gasteiger partial charge in [-0.1, -0.05) is 11.6 Å². The van der Waals surface area contributed by atoms with E-state index in [9.17, 15) is 0 Å². The van der Waals surface area contributed by atoms with Crippen molar-refractivity contribution in [2.45, 2.75) is 6.42 Å². The van der Waals surface area contributed by atoms with Crippen molar-refractivity contribution in [1.29, 1.82) is 0 Å². The van der Waals surface area contributed by atoms with Crippen molar-refractivity contribution >= 4 is 29.1 Å². The topological polar surface area (TPSA) is 30.5 Å². The lowest BCUT2D eigenvalue weighted by Crippen LogP contribution is -2.14. The second-order valence-electron chi connectivity index (χ2n) is 4.30. The van der Waals surface area contributed by atoms with Crippen LogP contribution in [-0.2, 0) is 0 Å². The van der Waals surface area contributed by atoms with Crippen molar-refractivity contribution < 1.29 is 9.47 Å². The van der Waals surface area contributed by atoms with Gasteiger partial charge in [0.1, 0.15) is 11.5 Å². The van der Waals surface area contributed by atoms with Gasteiger partial charge in [-0.3, -0.25) is 0 Å². The van der Waals surface area contributed by atoms with E-state index in [1.54, 1.807) is 14.2 Å². The van der Waals surface area contributed by atoms with E-state index in [4.69, 9.17) is 21.1 Å². The van der Waals surface area contributed by atoms with Gasteiger partial charge in [0.05, 0.1) is 24.9 Å². The minimum atomic E-state index is 0.599. The van der Waals surface area contributed by atoms with Crippen molar-refractivity contribution in [3.63, 3.8) is 0 Å². The number of methoxy groups -OCH3 is 2. The van der Waals surface area contributed by atoms with Gasteiger partial charge in [0.2, 0.25) is 0 Å². The van der Waals surface area contributed by atoms with Gasteiger partial charge in [-0.25, -0.2) is 0 Å². The van der Waals surface area contributed by atoms with E-state index in [1.165, 1.54) is 17.9 Å². The summed E-state index contributed by atoms with van der Waals surface area (Å²) >= 11 is 8.15. The predicted molar refractivity (Wildman–Crippen MR) is 78.5 cm³/mol. The molecule has 0 amide bonds. The first-order valence-corrected chi connectivity index (χ1v) is 7.51. The van der Waals surface area contributed by atoms with Crippen LogP contribution < -0.4 is 14.8 Å². The summed E-state index contributed by atoms with van der Waals surface area (Å²) in [5, 5.41) is 4.02. The summed E-state index contributed by atoms with van der Waals surface area (Å²) in [5.74, 6) is 4.64. The third-order valence-corrected chi connectivity index (χ3v) is 4.61. The van der Waals surface area contributed by atoms with Crippen LogP contribution in [0, 0.1) is 5.92 Å². The van der Waals surface area contributed by atoms with E-state index >= 15 is 0 Å². The average molecular weight is 288 g/mol. The fourth-order valence-corrected chi connectivity index (χ4v) is 3.52. The summed E-state index contributed by atoms with van der Waals surface area (Å²) in [6, 6.07) is 3.68. The number of nitrogens with one attached hydrogen (secondary N) is 1. The molecule has 1 aromatic carbocycles. The third kappa shape index (κ3) is 3.18. The van der Waals surface area contributed by atoms with Crippen LogP contribution in [0.1, 0.15) is 6.42 Å². The second-order valence-corrected chi connectivity index (χ2v) is 5.85. The van der Waals surface area contributed by atoms with Crippen molar-refractivity contribution in [3.05, 3.63) is 17.2 Å². The van der Waals surface area contributed by atoms with Gasteiger partial charge in [-0.2, -0.15) is 11.8 Å². The number of halogens is 1. The van der Waals surface area contributed by atoms with Crippen LogP contribution in [0.25, 0.3) is 0 Å². The minimum absolute atomic E-state index is 0.599. The highest BCUT2D eigenvalue weighted by Gasteiger charge is 2.16. The van der Waals surface area contributed by atoms with Gasteiger partial charge >= 0.3 is 0 Å². The predicted octanol–water partition coefficient (Wildman–Crippen LogP) is 3.52. The molecule has 0 spiro atoms. The molecule has 0 aromatic heterocycles. The molecule has 2 rings (SSSR count). The Morgan fingerprint density at radius 3 is 2.72 bits per heavy atom. The molecule has 1 fully saturated rings. The first-order valence-electron chi connectivity index (χ1n) is 5.97. The van der Waals surface area contributed by atoms with Gasteiger partial charge in [-0.15, -0.1) is 0 Å². The standard InChI is InChI=1S/C13H18ClNO2S/c1-16-12-6-13(17-2)11(5-10(12)14)15-7-9-3-4-18-8-9/h5-6,9,15H,3-4,7-8H2,1-2H3. The molecule has 1 unspecified atom stereocenters. The Hall–Kier alpha value is -0.740. The highest BCUT2D eigenvalue weighted by atomic mass is 35.5. The van der Waals surface area contributed by atoms with Crippen LogP contribution in [0.4, 0.5) is 5.69 Å². The molecule has 3 nitrogen and oxygen atoms in total. The molecule has 5 heteroatoms. The van der Waals surface area contributed by atoms with Crippen molar-refractivity contribution in [2.75, 3.05) is 37.6 Å². The average Bonchev–Trinajstić information content (AvgIpc) is 2.89. The van der Waals surface area contributed by atoms with Crippen molar-refractivity contribution in [2.24, 2.45) is 5.92 Å². The molecule has 0 radical (unpaired) electrons. The number of hydrogen-bond donors (Lipinski definition) is 1. The van der Waals surface area contributed by atoms with E-state index in [1.807, 2.05) is 23.9 Å². The summed E-state index contributed by atoms with van der Waals surface area (Å²) in [6.45, 7) is 0.964. The van der Waals surface area contributed by atoms with E-state index in [0.717, 1.165) is 23.9 Å².